The lowest BCUT2D eigenvalue weighted by Crippen LogP contribution is -1.90. The summed E-state index contributed by atoms with van der Waals surface area (Å²) in [6.07, 6.45) is 2.02. The Morgan fingerprint density at radius 1 is 0.533 bits per heavy atom. The van der Waals surface area contributed by atoms with Crippen LogP contribution < -0.4 is 0 Å². The van der Waals surface area contributed by atoms with Gasteiger partial charge in [-0.15, -0.1) is 0 Å². The molecule has 1 heterocycles. The zero-order valence-corrected chi connectivity index (χ0v) is 17.3. The molecule has 0 spiro atoms. The van der Waals surface area contributed by atoms with Crippen LogP contribution in [0.2, 0.25) is 0 Å². The van der Waals surface area contributed by atoms with Gasteiger partial charge in [-0.25, -0.2) is 0 Å². The van der Waals surface area contributed by atoms with Crippen LogP contribution in [-0.4, -0.2) is 4.98 Å². The van der Waals surface area contributed by atoms with E-state index in [1.54, 1.807) is 0 Å². The zero-order valence-electron chi connectivity index (χ0n) is 17.3. The van der Waals surface area contributed by atoms with Gasteiger partial charge in [-0.05, 0) is 71.8 Å². The maximum Gasteiger partial charge on any atom is 0.0708 e. The second-order valence-electron chi connectivity index (χ2n) is 7.92. The Labute approximate surface area is 177 Å². The van der Waals surface area contributed by atoms with Crippen LogP contribution in [0.15, 0.2) is 103 Å². The minimum atomic E-state index is 1.01. The van der Waals surface area contributed by atoms with Gasteiger partial charge >= 0.3 is 0 Å². The summed E-state index contributed by atoms with van der Waals surface area (Å²) in [5, 5.41) is 2.38. The normalized spacial score (nSPS) is 11.0. The average Bonchev–Trinajstić information content (AvgIpc) is 2.78. The molecule has 0 aliphatic carbocycles. The van der Waals surface area contributed by atoms with Crippen LogP contribution in [0.5, 0.6) is 0 Å². The third kappa shape index (κ3) is 3.51. The molecule has 1 aromatic heterocycles. The Kier molecular flexibility index (Phi) is 4.65. The standard InChI is InChI=1S/C29H23N/c1-20-13-21(2)15-25(14-20)29-18-28-26(19-30-29)16-24(22-9-5-3-6-10-22)17-27(28)23-11-7-4-8-12-23/h3-19H,1-2H3. The van der Waals surface area contributed by atoms with Crippen molar-refractivity contribution in [3.05, 3.63) is 114 Å². The van der Waals surface area contributed by atoms with Crippen molar-refractivity contribution in [2.24, 2.45) is 0 Å². The van der Waals surface area contributed by atoms with E-state index in [-0.39, 0.29) is 0 Å². The van der Waals surface area contributed by atoms with E-state index in [0.717, 1.165) is 11.1 Å². The summed E-state index contributed by atoms with van der Waals surface area (Å²) in [4.78, 5) is 4.83. The molecular formula is C29H23N. The Hall–Kier alpha value is -3.71. The molecule has 0 amide bonds. The highest BCUT2D eigenvalue weighted by atomic mass is 14.7. The van der Waals surface area contributed by atoms with Crippen LogP contribution in [0.25, 0.3) is 44.3 Å². The van der Waals surface area contributed by atoms with Gasteiger partial charge in [-0.1, -0.05) is 77.9 Å². The first kappa shape index (κ1) is 18.3. The van der Waals surface area contributed by atoms with Gasteiger partial charge in [0.25, 0.3) is 0 Å². The van der Waals surface area contributed by atoms with Crippen molar-refractivity contribution < 1.29 is 0 Å². The molecule has 1 nitrogen and oxygen atoms in total. The second-order valence-corrected chi connectivity index (χ2v) is 7.92. The van der Waals surface area contributed by atoms with E-state index in [4.69, 9.17) is 4.98 Å². The molecule has 0 bridgehead atoms. The molecule has 0 atom stereocenters. The van der Waals surface area contributed by atoms with Crippen LogP contribution in [0, 0.1) is 13.8 Å². The van der Waals surface area contributed by atoms with Crippen molar-refractivity contribution in [2.45, 2.75) is 13.8 Å². The van der Waals surface area contributed by atoms with E-state index in [1.165, 1.54) is 44.3 Å². The molecule has 5 rings (SSSR count). The van der Waals surface area contributed by atoms with Gasteiger partial charge in [0.15, 0.2) is 0 Å². The summed E-state index contributed by atoms with van der Waals surface area (Å²) in [5.74, 6) is 0. The number of aromatic nitrogens is 1. The number of hydrogen-bond donors (Lipinski definition) is 0. The molecule has 0 aliphatic rings. The molecule has 4 aromatic carbocycles. The van der Waals surface area contributed by atoms with Gasteiger partial charge < -0.3 is 0 Å². The maximum atomic E-state index is 4.83. The summed E-state index contributed by atoms with van der Waals surface area (Å²) >= 11 is 0. The number of nitrogens with zero attached hydrogens (tertiary/aromatic N) is 1. The monoisotopic (exact) mass is 385 g/mol. The predicted molar refractivity (Wildman–Crippen MR) is 128 cm³/mol. The van der Waals surface area contributed by atoms with Gasteiger partial charge in [0.2, 0.25) is 0 Å². The van der Waals surface area contributed by atoms with E-state index in [1.807, 2.05) is 6.20 Å². The minimum absolute atomic E-state index is 1.01. The van der Waals surface area contributed by atoms with Gasteiger partial charge in [0.05, 0.1) is 5.69 Å². The smallest absolute Gasteiger partial charge is 0.0708 e. The predicted octanol–water partition coefficient (Wildman–Crippen LogP) is 7.85. The number of aryl methyl sites for hydroxylation is 2. The Bertz CT molecular complexity index is 1320. The third-order valence-electron chi connectivity index (χ3n) is 5.55. The summed E-state index contributed by atoms with van der Waals surface area (Å²) in [6.45, 7) is 4.28. The molecule has 0 saturated heterocycles. The van der Waals surface area contributed by atoms with E-state index in [0.29, 0.717) is 0 Å². The first-order valence-corrected chi connectivity index (χ1v) is 10.3. The summed E-state index contributed by atoms with van der Waals surface area (Å²) in [5.41, 5.74) is 9.58. The van der Waals surface area contributed by atoms with Crippen molar-refractivity contribution in [1.29, 1.82) is 0 Å². The van der Waals surface area contributed by atoms with Crippen LogP contribution >= 0.6 is 0 Å². The van der Waals surface area contributed by atoms with Gasteiger partial charge in [-0.2, -0.15) is 0 Å². The average molecular weight is 386 g/mol. The largest absolute Gasteiger partial charge is 0.256 e. The van der Waals surface area contributed by atoms with E-state index in [2.05, 4.69) is 111 Å². The van der Waals surface area contributed by atoms with Crippen molar-refractivity contribution in [3.8, 4) is 33.5 Å². The highest BCUT2D eigenvalue weighted by molar-refractivity contribution is 6.01. The molecule has 1 heteroatoms. The SMILES string of the molecule is Cc1cc(C)cc(-c2cc3c(-c4ccccc4)cc(-c4ccccc4)cc3cn2)c1. The third-order valence-corrected chi connectivity index (χ3v) is 5.55. The Morgan fingerprint density at radius 2 is 1.17 bits per heavy atom. The number of fused-ring (bicyclic) bond motifs is 1. The first-order chi connectivity index (χ1) is 14.7. The molecule has 0 saturated carbocycles. The highest BCUT2D eigenvalue weighted by Crippen LogP contribution is 2.35. The van der Waals surface area contributed by atoms with Crippen LogP contribution in [0.3, 0.4) is 0 Å². The van der Waals surface area contributed by atoms with Gasteiger partial charge in [0.1, 0.15) is 0 Å². The molecule has 0 fully saturated rings. The van der Waals surface area contributed by atoms with Crippen LogP contribution in [-0.2, 0) is 0 Å². The van der Waals surface area contributed by atoms with Crippen LogP contribution in [0.4, 0.5) is 0 Å². The Balaban J connectivity index is 1.77. The number of rotatable bonds is 3. The fraction of sp³-hybridized carbons (Fsp3) is 0.0690. The van der Waals surface area contributed by atoms with Gasteiger partial charge in [0, 0.05) is 17.1 Å². The Morgan fingerprint density at radius 3 is 1.83 bits per heavy atom. The quantitative estimate of drug-likeness (QED) is 0.308. The fourth-order valence-corrected chi connectivity index (χ4v) is 4.19. The number of hydrogen-bond acceptors (Lipinski definition) is 1. The fourth-order valence-electron chi connectivity index (χ4n) is 4.19. The molecule has 0 radical (unpaired) electrons. The lowest BCUT2D eigenvalue weighted by Gasteiger charge is -2.13. The molecular weight excluding hydrogens is 362 g/mol. The van der Waals surface area contributed by atoms with Crippen LogP contribution in [0.1, 0.15) is 11.1 Å². The van der Waals surface area contributed by atoms with Crippen molar-refractivity contribution in [2.75, 3.05) is 0 Å². The second kappa shape index (κ2) is 7.61. The van der Waals surface area contributed by atoms with Crippen molar-refractivity contribution in [1.82, 2.24) is 4.98 Å². The first-order valence-electron chi connectivity index (χ1n) is 10.3. The van der Waals surface area contributed by atoms with Crippen molar-refractivity contribution >= 4 is 10.8 Å². The molecule has 0 unspecified atom stereocenters. The molecule has 0 N–H and O–H groups in total. The topological polar surface area (TPSA) is 12.9 Å². The van der Waals surface area contributed by atoms with E-state index in [9.17, 15) is 0 Å². The molecule has 5 aromatic rings. The summed E-state index contributed by atoms with van der Waals surface area (Å²) in [7, 11) is 0. The highest BCUT2D eigenvalue weighted by Gasteiger charge is 2.11. The molecule has 144 valence electrons. The lowest BCUT2D eigenvalue weighted by atomic mass is 9.93. The zero-order chi connectivity index (χ0) is 20.5. The lowest BCUT2D eigenvalue weighted by molar-refractivity contribution is 1.32. The number of pyridine rings is 1. The minimum Gasteiger partial charge on any atom is -0.256 e. The summed E-state index contributed by atoms with van der Waals surface area (Å²) in [6, 6.07) is 34.6. The molecule has 0 aliphatic heterocycles. The maximum absolute atomic E-state index is 4.83. The molecule has 30 heavy (non-hydrogen) atoms. The van der Waals surface area contributed by atoms with Gasteiger partial charge in [-0.3, -0.25) is 4.98 Å². The summed E-state index contributed by atoms with van der Waals surface area (Å²) < 4.78 is 0. The van der Waals surface area contributed by atoms with E-state index >= 15 is 0 Å². The van der Waals surface area contributed by atoms with Crippen molar-refractivity contribution in [3.63, 3.8) is 0 Å². The van der Waals surface area contributed by atoms with E-state index < -0.39 is 0 Å². The number of benzene rings is 4.